The van der Waals surface area contributed by atoms with Crippen molar-refractivity contribution < 1.29 is 9.84 Å². The van der Waals surface area contributed by atoms with Crippen molar-refractivity contribution in [1.82, 2.24) is 0 Å². The van der Waals surface area contributed by atoms with Crippen LogP contribution in [-0.4, -0.2) is 17.8 Å². The molecular formula is C13H18O2. The number of hydrogen-bond acceptors (Lipinski definition) is 2. The van der Waals surface area contributed by atoms with Gasteiger partial charge in [-0.2, -0.15) is 0 Å². The maximum Gasteiger partial charge on any atom is 0.119 e. The normalized spacial score (nSPS) is 18.3. The van der Waals surface area contributed by atoms with Gasteiger partial charge in [0.2, 0.25) is 0 Å². The van der Waals surface area contributed by atoms with E-state index < -0.39 is 0 Å². The Bertz CT molecular complexity index is 318. The second-order valence-corrected chi connectivity index (χ2v) is 4.39. The van der Waals surface area contributed by atoms with Crippen LogP contribution in [0.1, 0.15) is 24.8 Å². The first-order valence-corrected chi connectivity index (χ1v) is 5.63. The summed E-state index contributed by atoms with van der Waals surface area (Å²) in [5.74, 6) is 1.32. The molecule has 0 saturated heterocycles. The molecule has 1 aliphatic rings. The molecule has 2 rings (SSSR count). The molecule has 1 saturated carbocycles. The van der Waals surface area contributed by atoms with Crippen molar-refractivity contribution >= 4 is 0 Å². The Morgan fingerprint density at radius 2 is 2.27 bits per heavy atom. The van der Waals surface area contributed by atoms with Crippen molar-refractivity contribution in [3.8, 4) is 5.75 Å². The fraction of sp³-hybridized carbons (Fsp3) is 0.538. The van der Waals surface area contributed by atoms with Gasteiger partial charge in [0.25, 0.3) is 0 Å². The maximum absolute atomic E-state index is 9.77. The summed E-state index contributed by atoms with van der Waals surface area (Å²) >= 11 is 0. The van der Waals surface area contributed by atoms with E-state index >= 15 is 0 Å². The summed E-state index contributed by atoms with van der Waals surface area (Å²) in [7, 11) is 0. The van der Waals surface area contributed by atoms with Crippen molar-refractivity contribution in [1.29, 1.82) is 0 Å². The molecule has 1 atom stereocenters. The molecular weight excluding hydrogens is 188 g/mol. The number of rotatable bonds is 4. The first kappa shape index (κ1) is 10.5. The highest BCUT2D eigenvalue weighted by molar-refractivity contribution is 5.27. The molecule has 1 fully saturated rings. The number of aryl methyl sites for hydroxylation is 1. The molecule has 1 aliphatic carbocycles. The largest absolute Gasteiger partial charge is 0.491 e. The van der Waals surface area contributed by atoms with Crippen LogP contribution in [0.2, 0.25) is 0 Å². The van der Waals surface area contributed by atoms with Crippen LogP contribution >= 0.6 is 0 Å². The van der Waals surface area contributed by atoms with E-state index in [1.807, 2.05) is 31.2 Å². The molecule has 0 radical (unpaired) electrons. The minimum Gasteiger partial charge on any atom is -0.491 e. The van der Waals surface area contributed by atoms with Crippen molar-refractivity contribution in [2.24, 2.45) is 5.92 Å². The van der Waals surface area contributed by atoms with Gasteiger partial charge in [0.15, 0.2) is 0 Å². The molecule has 0 spiro atoms. The first-order chi connectivity index (χ1) is 7.25. The molecule has 15 heavy (non-hydrogen) atoms. The average Bonchev–Trinajstić information content (AvgIpc) is 2.12. The van der Waals surface area contributed by atoms with Gasteiger partial charge in [-0.25, -0.2) is 0 Å². The Morgan fingerprint density at radius 3 is 2.87 bits per heavy atom. The molecule has 2 nitrogen and oxygen atoms in total. The second-order valence-electron chi connectivity index (χ2n) is 4.39. The van der Waals surface area contributed by atoms with Crippen LogP contribution in [0.3, 0.4) is 0 Å². The van der Waals surface area contributed by atoms with Gasteiger partial charge >= 0.3 is 0 Å². The fourth-order valence-corrected chi connectivity index (χ4v) is 1.85. The van der Waals surface area contributed by atoms with Crippen molar-refractivity contribution in [3.05, 3.63) is 29.8 Å². The highest BCUT2D eigenvalue weighted by Crippen LogP contribution is 2.29. The van der Waals surface area contributed by atoms with E-state index in [0.29, 0.717) is 12.5 Å². The molecule has 1 unspecified atom stereocenters. The molecule has 1 aromatic carbocycles. The lowest BCUT2D eigenvalue weighted by molar-refractivity contribution is 0.0241. The zero-order chi connectivity index (χ0) is 10.7. The Balaban J connectivity index is 1.81. The second kappa shape index (κ2) is 4.67. The molecule has 0 aliphatic heterocycles. The SMILES string of the molecule is Cc1cccc(OCC(O)C2CCC2)c1. The lowest BCUT2D eigenvalue weighted by atomic mass is 9.81. The van der Waals surface area contributed by atoms with Crippen LogP contribution < -0.4 is 4.74 Å². The average molecular weight is 206 g/mol. The number of aliphatic hydroxyl groups is 1. The summed E-state index contributed by atoms with van der Waals surface area (Å²) in [6.07, 6.45) is 3.27. The molecule has 0 aromatic heterocycles. The van der Waals surface area contributed by atoms with Crippen LogP contribution in [0, 0.1) is 12.8 Å². The summed E-state index contributed by atoms with van der Waals surface area (Å²) in [5, 5.41) is 9.77. The molecule has 1 aromatic rings. The third-order valence-electron chi connectivity index (χ3n) is 3.10. The summed E-state index contributed by atoms with van der Waals surface area (Å²) in [5.41, 5.74) is 1.19. The van der Waals surface area contributed by atoms with Gasteiger partial charge in [-0.15, -0.1) is 0 Å². The van der Waals surface area contributed by atoms with Crippen molar-refractivity contribution in [2.45, 2.75) is 32.3 Å². The van der Waals surface area contributed by atoms with E-state index in [0.717, 1.165) is 18.6 Å². The highest BCUT2D eigenvalue weighted by Gasteiger charge is 2.25. The summed E-state index contributed by atoms with van der Waals surface area (Å²) in [4.78, 5) is 0. The van der Waals surface area contributed by atoms with Gasteiger partial charge in [0.05, 0.1) is 6.10 Å². The first-order valence-electron chi connectivity index (χ1n) is 5.63. The standard InChI is InChI=1S/C13H18O2/c1-10-4-2-7-12(8-10)15-9-13(14)11-5-3-6-11/h2,4,7-8,11,13-14H,3,5-6,9H2,1H3. The molecule has 0 amide bonds. The highest BCUT2D eigenvalue weighted by atomic mass is 16.5. The molecule has 0 bridgehead atoms. The topological polar surface area (TPSA) is 29.5 Å². The molecule has 1 N–H and O–H groups in total. The zero-order valence-electron chi connectivity index (χ0n) is 9.15. The minimum absolute atomic E-state index is 0.292. The Hall–Kier alpha value is -1.02. The smallest absolute Gasteiger partial charge is 0.119 e. The fourth-order valence-electron chi connectivity index (χ4n) is 1.85. The van der Waals surface area contributed by atoms with E-state index in [1.54, 1.807) is 0 Å². The zero-order valence-corrected chi connectivity index (χ0v) is 9.15. The number of hydrogen-bond donors (Lipinski definition) is 1. The van der Waals surface area contributed by atoms with Crippen LogP contribution in [0.4, 0.5) is 0 Å². The Morgan fingerprint density at radius 1 is 1.47 bits per heavy atom. The molecule has 0 heterocycles. The minimum atomic E-state index is -0.292. The number of ether oxygens (including phenoxy) is 1. The van der Waals surface area contributed by atoms with Crippen molar-refractivity contribution in [2.75, 3.05) is 6.61 Å². The van der Waals surface area contributed by atoms with E-state index in [1.165, 1.54) is 12.0 Å². The van der Waals surface area contributed by atoms with Gasteiger partial charge in [-0.1, -0.05) is 18.6 Å². The summed E-state index contributed by atoms with van der Waals surface area (Å²) in [6, 6.07) is 7.93. The van der Waals surface area contributed by atoms with E-state index in [2.05, 4.69) is 0 Å². The molecule has 82 valence electrons. The van der Waals surface area contributed by atoms with E-state index in [-0.39, 0.29) is 6.10 Å². The van der Waals surface area contributed by atoms with E-state index in [4.69, 9.17) is 4.74 Å². The maximum atomic E-state index is 9.77. The number of aliphatic hydroxyl groups excluding tert-OH is 1. The van der Waals surface area contributed by atoms with Gasteiger partial charge in [-0.05, 0) is 43.4 Å². The van der Waals surface area contributed by atoms with Crippen LogP contribution in [-0.2, 0) is 0 Å². The lowest BCUT2D eigenvalue weighted by Gasteiger charge is -2.30. The van der Waals surface area contributed by atoms with Gasteiger partial charge < -0.3 is 9.84 Å². The lowest BCUT2D eigenvalue weighted by Crippen LogP contribution is -2.31. The van der Waals surface area contributed by atoms with Gasteiger partial charge in [0, 0.05) is 0 Å². The van der Waals surface area contributed by atoms with Crippen molar-refractivity contribution in [3.63, 3.8) is 0 Å². The van der Waals surface area contributed by atoms with Crippen LogP contribution in [0.5, 0.6) is 5.75 Å². The third kappa shape index (κ3) is 2.72. The predicted molar refractivity (Wildman–Crippen MR) is 60.0 cm³/mol. The van der Waals surface area contributed by atoms with E-state index in [9.17, 15) is 5.11 Å². The quantitative estimate of drug-likeness (QED) is 0.820. The van der Waals surface area contributed by atoms with Crippen LogP contribution in [0.15, 0.2) is 24.3 Å². The molecule has 2 heteroatoms. The Kier molecular flexibility index (Phi) is 3.27. The Labute approximate surface area is 90.9 Å². The van der Waals surface area contributed by atoms with Gasteiger partial charge in [0.1, 0.15) is 12.4 Å². The van der Waals surface area contributed by atoms with Gasteiger partial charge in [-0.3, -0.25) is 0 Å². The summed E-state index contributed by atoms with van der Waals surface area (Å²) in [6.45, 7) is 2.46. The third-order valence-corrected chi connectivity index (χ3v) is 3.10. The van der Waals surface area contributed by atoms with Crippen LogP contribution in [0.25, 0.3) is 0 Å². The number of benzene rings is 1. The predicted octanol–water partition coefficient (Wildman–Crippen LogP) is 2.53. The summed E-state index contributed by atoms with van der Waals surface area (Å²) < 4.78 is 5.56. The monoisotopic (exact) mass is 206 g/mol.